The molecule has 2 N–H and O–H groups in total. The molecule has 0 aliphatic rings. The fourth-order valence-corrected chi connectivity index (χ4v) is 1.14. The zero-order valence-corrected chi connectivity index (χ0v) is 8.45. The van der Waals surface area contributed by atoms with Gasteiger partial charge in [0.15, 0.2) is 5.82 Å². The molecular formula is C8H4F3N5O2. The monoisotopic (exact) mass is 259 g/mol. The lowest BCUT2D eigenvalue weighted by molar-refractivity contribution is -0.144. The maximum absolute atomic E-state index is 12.4. The number of aromatic nitrogens is 5. The van der Waals surface area contributed by atoms with Crippen LogP contribution in [0.15, 0.2) is 21.9 Å². The molecule has 0 amide bonds. The fraction of sp³-hybridized carbons (Fsp3) is 0.125. The average Bonchev–Trinajstić information content (AvgIpc) is 2.27. The van der Waals surface area contributed by atoms with Gasteiger partial charge in [0.2, 0.25) is 5.82 Å². The molecule has 2 heterocycles. The smallest absolute Gasteiger partial charge is 0.290 e. The Bertz CT molecular complexity index is 662. The summed E-state index contributed by atoms with van der Waals surface area (Å²) < 4.78 is 37.1. The van der Waals surface area contributed by atoms with Crippen molar-refractivity contribution in [3.05, 3.63) is 39.1 Å². The van der Waals surface area contributed by atoms with E-state index in [1.165, 1.54) is 0 Å². The van der Waals surface area contributed by atoms with Gasteiger partial charge in [-0.2, -0.15) is 18.2 Å². The molecular weight excluding hydrogens is 255 g/mol. The fourth-order valence-electron chi connectivity index (χ4n) is 1.14. The Labute approximate surface area is 95.8 Å². The van der Waals surface area contributed by atoms with Crippen molar-refractivity contribution in [3.8, 4) is 11.5 Å². The molecule has 0 aliphatic carbocycles. The summed E-state index contributed by atoms with van der Waals surface area (Å²) in [7, 11) is 0. The minimum atomic E-state index is -4.72. The third-order valence-corrected chi connectivity index (χ3v) is 1.82. The van der Waals surface area contributed by atoms with Crippen molar-refractivity contribution in [1.82, 2.24) is 24.9 Å². The van der Waals surface area contributed by atoms with Gasteiger partial charge in [-0.1, -0.05) is 0 Å². The van der Waals surface area contributed by atoms with Crippen LogP contribution in [-0.2, 0) is 6.18 Å². The van der Waals surface area contributed by atoms with Crippen LogP contribution in [-0.4, -0.2) is 24.9 Å². The Balaban J connectivity index is 2.58. The Morgan fingerprint density at radius 3 is 2.44 bits per heavy atom. The van der Waals surface area contributed by atoms with Gasteiger partial charge in [0.25, 0.3) is 0 Å². The third-order valence-electron chi connectivity index (χ3n) is 1.82. The van der Waals surface area contributed by atoms with Gasteiger partial charge in [-0.15, -0.1) is 0 Å². The van der Waals surface area contributed by atoms with Gasteiger partial charge in [0.1, 0.15) is 5.69 Å². The van der Waals surface area contributed by atoms with E-state index in [9.17, 15) is 22.8 Å². The van der Waals surface area contributed by atoms with Crippen LogP contribution in [0.5, 0.6) is 0 Å². The third kappa shape index (κ3) is 2.42. The van der Waals surface area contributed by atoms with Gasteiger partial charge in [-0.05, 0) is 6.07 Å². The van der Waals surface area contributed by atoms with Gasteiger partial charge < -0.3 is 0 Å². The lowest BCUT2D eigenvalue weighted by Gasteiger charge is -2.05. The van der Waals surface area contributed by atoms with Gasteiger partial charge in [-0.25, -0.2) is 19.6 Å². The van der Waals surface area contributed by atoms with E-state index in [0.29, 0.717) is 0 Å². The number of nitrogens with zero attached hydrogens (tertiary/aromatic N) is 3. The molecule has 0 aromatic carbocycles. The predicted octanol–water partition coefficient (Wildman–Crippen LogP) is -0.0660. The number of halogens is 3. The van der Waals surface area contributed by atoms with E-state index in [1.54, 1.807) is 4.98 Å². The first kappa shape index (κ1) is 12.0. The first-order chi connectivity index (χ1) is 8.36. The lowest BCUT2D eigenvalue weighted by Crippen LogP contribution is -2.25. The minimum absolute atomic E-state index is 0.305. The van der Waals surface area contributed by atoms with Crippen molar-refractivity contribution in [2.24, 2.45) is 0 Å². The molecule has 10 heteroatoms. The van der Waals surface area contributed by atoms with E-state index in [-0.39, 0.29) is 11.5 Å². The summed E-state index contributed by atoms with van der Waals surface area (Å²) in [6.45, 7) is 0. The van der Waals surface area contributed by atoms with Gasteiger partial charge in [0.05, 0.1) is 0 Å². The maximum atomic E-state index is 12.4. The average molecular weight is 259 g/mol. The highest BCUT2D eigenvalue weighted by Gasteiger charge is 2.34. The quantitative estimate of drug-likeness (QED) is 0.746. The molecule has 7 nitrogen and oxygen atoms in total. The van der Waals surface area contributed by atoms with Crippen molar-refractivity contribution >= 4 is 0 Å². The molecule has 0 saturated heterocycles. The maximum Gasteiger partial charge on any atom is 0.451 e. The molecule has 0 unspecified atom stereocenters. The van der Waals surface area contributed by atoms with E-state index in [0.717, 1.165) is 12.3 Å². The topological polar surface area (TPSA) is 104 Å². The van der Waals surface area contributed by atoms with Crippen LogP contribution >= 0.6 is 0 Å². The zero-order valence-electron chi connectivity index (χ0n) is 8.45. The summed E-state index contributed by atoms with van der Waals surface area (Å²) in [5, 5.41) is 0. The second-order valence-electron chi connectivity index (χ2n) is 3.11. The van der Waals surface area contributed by atoms with Crippen LogP contribution in [0.25, 0.3) is 11.5 Å². The van der Waals surface area contributed by atoms with Crippen molar-refractivity contribution < 1.29 is 13.2 Å². The Morgan fingerprint density at radius 2 is 1.83 bits per heavy atom. The molecule has 94 valence electrons. The summed E-state index contributed by atoms with van der Waals surface area (Å²) in [6, 6.07) is 1.09. The summed E-state index contributed by atoms with van der Waals surface area (Å²) >= 11 is 0. The van der Waals surface area contributed by atoms with Crippen LogP contribution in [0.4, 0.5) is 13.2 Å². The molecule has 0 spiro atoms. The van der Waals surface area contributed by atoms with Crippen LogP contribution in [0.2, 0.25) is 0 Å². The molecule has 0 radical (unpaired) electrons. The van der Waals surface area contributed by atoms with Crippen molar-refractivity contribution in [3.63, 3.8) is 0 Å². The highest BCUT2D eigenvalue weighted by Crippen LogP contribution is 2.26. The number of rotatable bonds is 1. The molecule has 0 aliphatic heterocycles. The number of hydrogen-bond donors (Lipinski definition) is 2. The van der Waals surface area contributed by atoms with E-state index < -0.39 is 23.4 Å². The first-order valence-electron chi connectivity index (χ1n) is 4.47. The van der Waals surface area contributed by atoms with Crippen LogP contribution < -0.4 is 11.4 Å². The van der Waals surface area contributed by atoms with Crippen LogP contribution in [0.3, 0.4) is 0 Å². The largest absolute Gasteiger partial charge is 0.451 e. The summed E-state index contributed by atoms with van der Waals surface area (Å²) in [5.74, 6) is -1.75. The molecule has 0 atom stereocenters. The normalized spacial score (nSPS) is 11.5. The summed E-state index contributed by atoms with van der Waals surface area (Å²) in [5.41, 5.74) is -2.18. The second kappa shape index (κ2) is 4.05. The van der Waals surface area contributed by atoms with E-state index in [2.05, 4.69) is 19.9 Å². The zero-order chi connectivity index (χ0) is 13.3. The molecule has 2 aromatic rings. The second-order valence-corrected chi connectivity index (χ2v) is 3.11. The van der Waals surface area contributed by atoms with E-state index in [1.807, 2.05) is 0 Å². The molecule has 2 rings (SSSR count). The predicted molar refractivity (Wildman–Crippen MR) is 51.5 cm³/mol. The summed E-state index contributed by atoms with van der Waals surface area (Å²) in [4.78, 5) is 35.2. The first-order valence-corrected chi connectivity index (χ1v) is 4.47. The molecule has 0 bridgehead atoms. The number of H-pyrrole nitrogens is 2. The Hall–Kier alpha value is -2.52. The van der Waals surface area contributed by atoms with Crippen molar-refractivity contribution in [2.45, 2.75) is 6.18 Å². The Kier molecular flexibility index (Phi) is 2.69. The van der Waals surface area contributed by atoms with Crippen LogP contribution in [0, 0.1) is 0 Å². The standard InChI is InChI=1S/C8H4F3N5O2/c9-8(10,11)5-12-2-1-3(13-5)4-14-6(17)16-7(18)15-4/h1-2H,(H2,14,15,16,17,18). The van der Waals surface area contributed by atoms with Gasteiger partial charge in [-0.3, -0.25) is 9.97 Å². The van der Waals surface area contributed by atoms with Crippen LogP contribution in [0.1, 0.15) is 5.82 Å². The molecule has 18 heavy (non-hydrogen) atoms. The van der Waals surface area contributed by atoms with Gasteiger partial charge >= 0.3 is 17.6 Å². The minimum Gasteiger partial charge on any atom is -0.290 e. The number of aromatic amines is 2. The van der Waals surface area contributed by atoms with Gasteiger partial charge in [0, 0.05) is 6.20 Å². The van der Waals surface area contributed by atoms with E-state index >= 15 is 0 Å². The molecule has 0 saturated carbocycles. The SMILES string of the molecule is O=c1nc(-c2ccnc(C(F)(F)F)n2)[nH]c(=O)[nH]1. The summed E-state index contributed by atoms with van der Waals surface area (Å²) in [6.07, 6.45) is -3.87. The highest BCUT2D eigenvalue weighted by atomic mass is 19.4. The number of hydrogen-bond acceptors (Lipinski definition) is 5. The van der Waals surface area contributed by atoms with Crippen molar-refractivity contribution in [1.29, 1.82) is 0 Å². The Morgan fingerprint density at radius 1 is 1.11 bits per heavy atom. The lowest BCUT2D eigenvalue weighted by atomic mass is 10.3. The number of alkyl halides is 3. The van der Waals surface area contributed by atoms with E-state index in [4.69, 9.17) is 0 Å². The highest BCUT2D eigenvalue weighted by molar-refractivity contribution is 5.47. The molecule has 2 aromatic heterocycles. The van der Waals surface area contributed by atoms with Crippen molar-refractivity contribution in [2.75, 3.05) is 0 Å². The number of nitrogens with one attached hydrogen (secondary N) is 2. The molecule has 0 fully saturated rings.